The molecule has 0 bridgehead atoms. The van der Waals surface area contributed by atoms with E-state index < -0.39 is 20.0 Å². The van der Waals surface area contributed by atoms with Crippen LogP contribution in [0.5, 0.6) is 0 Å². The van der Waals surface area contributed by atoms with E-state index in [2.05, 4.69) is 4.72 Å². The van der Waals surface area contributed by atoms with Gasteiger partial charge < -0.3 is 0 Å². The summed E-state index contributed by atoms with van der Waals surface area (Å²) in [5.74, 6) is 0. The first-order valence-corrected chi connectivity index (χ1v) is 11.2. The average Bonchev–Trinajstić information content (AvgIpc) is 2.53. The highest BCUT2D eigenvalue weighted by Gasteiger charge is 2.30. The number of nitrogens with zero attached hydrogens (tertiary/aromatic N) is 1. The van der Waals surface area contributed by atoms with E-state index in [1.54, 1.807) is 42.5 Å². The average molecular weight is 380 g/mol. The fourth-order valence-corrected chi connectivity index (χ4v) is 5.10. The Hall–Kier alpha value is -2.06. The van der Waals surface area contributed by atoms with Crippen molar-refractivity contribution >= 4 is 31.4 Å². The predicted molar refractivity (Wildman–Crippen MR) is 98.9 cm³/mol. The zero-order valence-corrected chi connectivity index (χ0v) is 15.7. The molecule has 3 rings (SSSR count). The zero-order valence-electron chi connectivity index (χ0n) is 14.1. The van der Waals surface area contributed by atoms with Gasteiger partial charge in [-0.25, -0.2) is 16.8 Å². The van der Waals surface area contributed by atoms with Gasteiger partial charge in [-0.3, -0.25) is 9.03 Å². The Morgan fingerprint density at radius 1 is 1.00 bits per heavy atom. The number of benzene rings is 2. The standard InChI is InChI=1S/C17H20N2O4S2/c1-13-8-10-14(11-9-13)25(22,23)19-12-4-5-15-16(18-24(2,20)21)6-3-7-17(15)19/h3,6-11,18H,4-5,12H2,1-2H3. The molecule has 1 aliphatic heterocycles. The summed E-state index contributed by atoms with van der Waals surface area (Å²) in [5, 5.41) is 0. The summed E-state index contributed by atoms with van der Waals surface area (Å²) in [6.07, 6.45) is 2.32. The van der Waals surface area contributed by atoms with Crippen molar-refractivity contribution in [3.63, 3.8) is 0 Å². The third kappa shape index (κ3) is 3.64. The third-order valence-electron chi connectivity index (χ3n) is 4.11. The molecule has 0 spiro atoms. The normalized spacial score (nSPS) is 14.9. The summed E-state index contributed by atoms with van der Waals surface area (Å²) in [4.78, 5) is 0.229. The van der Waals surface area contributed by atoms with Crippen LogP contribution in [-0.4, -0.2) is 29.6 Å². The minimum atomic E-state index is -3.70. The quantitative estimate of drug-likeness (QED) is 0.883. The van der Waals surface area contributed by atoms with E-state index in [0.29, 0.717) is 36.3 Å². The number of sulfonamides is 2. The van der Waals surface area contributed by atoms with Crippen LogP contribution in [-0.2, 0) is 26.5 Å². The number of fused-ring (bicyclic) bond motifs is 1. The molecule has 2 aromatic carbocycles. The molecular formula is C17H20N2O4S2. The van der Waals surface area contributed by atoms with Gasteiger partial charge in [0.2, 0.25) is 10.0 Å². The highest BCUT2D eigenvalue weighted by atomic mass is 32.2. The van der Waals surface area contributed by atoms with E-state index in [-0.39, 0.29) is 4.90 Å². The summed E-state index contributed by atoms with van der Waals surface area (Å²) in [6, 6.07) is 11.7. The van der Waals surface area contributed by atoms with E-state index >= 15 is 0 Å². The van der Waals surface area contributed by atoms with Crippen LogP contribution in [0.1, 0.15) is 17.5 Å². The second-order valence-corrected chi connectivity index (χ2v) is 9.78. The largest absolute Gasteiger partial charge is 0.283 e. The van der Waals surface area contributed by atoms with Crippen LogP contribution in [0.3, 0.4) is 0 Å². The molecule has 0 aromatic heterocycles. The fraction of sp³-hybridized carbons (Fsp3) is 0.294. The first-order valence-electron chi connectivity index (χ1n) is 7.87. The van der Waals surface area contributed by atoms with Crippen molar-refractivity contribution in [2.45, 2.75) is 24.7 Å². The molecule has 0 atom stereocenters. The van der Waals surface area contributed by atoms with Crippen molar-refractivity contribution in [2.75, 3.05) is 21.8 Å². The van der Waals surface area contributed by atoms with Crippen molar-refractivity contribution < 1.29 is 16.8 Å². The van der Waals surface area contributed by atoms with Gasteiger partial charge in [-0.1, -0.05) is 23.8 Å². The van der Waals surface area contributed by atoms with Crippen LogP contribution in [0.15, 0.2) is 47.4 Å². The Kier molecular flexibility index (Phi) is 4.51. The number of hydrogen-bond donors (Lipinski definition) is 1. The highest BCUT2D eigenvalue weighted by Crippen LogP contribution is 2.36. The maximum Gasteiger partial charge on any atom is 0.264 e. The van der Waals surface area contributed by atoms with Crippen LogP contribution in [0.4, 0.5) is 11.4 Å². The van der Waals surface area contributed by atoms with Crippen LogP contribution >= 0.6 is 0 Å². The van der Waals surface area contributed by atoms with Gasteiger partial charge in [0.05, 0.1) is 22.5 Å². The van der Waals surface area contributed by atoms with Crippen LogP contribution in [0, 0.1) is 6.92 Å². The Morgan fingerprint density at radius 2 is 1.68 bits per heavy atom. The number of nitrogens with one attached hydrogen (secondary N) is 1. The van der Waals surface area contributed by atoms with Gasteiger partial charge in [-0.05, 0) is 44.0 Å². The van der Waals surface area contributed by atoms with Crippen molar-refractivity contribution in [1.29, 1.82) is 0 Å². The van der Waals surface area contributed by atoms with Crippen molar-refractivity contribution in [2.24, 2.45) is 0 Å². The second-order valence-electron chi connectivity index (χ2n) is 6.17. The molecule has 1 heterocycles. The molecule has 8 heteroatoms. The second kappa shape index (κ2) is 6.34. The summed E-state index contributed by atoms with van der Waals surface area (Å²) in [6.45, 7) is 2.27. The monoisotopic (exact) mass is 380 g/mol. The molecule has 2 aromatic rings. The van der Waals surface area contributed by atoms with Gasteiger partial charge in [0.25, 0.3) is 10.0 Å². The highest BCUT2D eigenvalue weighted by molar-refractivity contribution is 7.93. The van der Waals surface area contributed by atoms with Gasteiger partial charge in [0, 0.05) is 12.1 Å². The first kappa shape index (κ1) is 17.8. The molecule has 0 fully saturated rings. The molecule has 0 unspecified atom stereocenters. The Bertz CT molecular complexity index is 997. The van der Waals surface area contributed by atoms with Gasteiger partial charge in [-0.15, -0.1) is 0 Å². The first-order chi connectivity index (χ1) is 11.7. The van der Waals surface area contributed by atoms with Crippen LogP contribution in [0.25, 0.3) is 0 Å². The molecule has 25 heavy (non-hydrogen) atoms. The van der Waals surface area contributed by atoms with Gasteiger partial charge >= 0.3 is 0 Å². The topological polar surface area (TPSA) is 83.6 Å². The summed E-state index contributed by atoms with van der Waals surface area (Å²) >= 11 is 0. The molecule has 6 nitrogen and oxygen atoms in total. The lowest BCUT2D eigenvalue weighted by molar-refractivity contribution is 0.586. The lowest BCUT2D eigenvalue weighted by Crippen LogP contribution is -2.35. The molecule has 0 aliphatic carbocycles. The maximum absolute atomic E-state index is 13.0. The number of anilines is 2. The fourth-order valence-electron chi connectivity index (χ4n) is 2.97. The van der Waals surface area contributed by atoms with Crippen molar-refractivity contribution in [3.05, 3.63) is 53.6 Å². The third-order valence-corrected chi connectivity index (χ3v) is 6.53. The van der Waals surface area contributed by atoms with E-state index in [4.69, 9.17) is 0 Å². The van der Waals surface area contributed by atoms with Crippen molar-refractivity contribution in [1.82, 2.24) is 0 Å². The lowest BCUT2D eigenvalue weighted by atomic mass is 10.0. The Balaban J connectivity index is 2.08. The van der Waals surface area contributed by atoms with Crippen LogP contribution < -0.4 is 9.03 Å². The van der Waals surface area contributed by atoms with Gasteiger partial charge in [0.15, 0.2) is 0 Å². The van der Waals surface area contributed by atoms with Gasteiger partial charge in [0.1, 0.15) is 0 Å². The Labute approximate surface area is 148 Å². The Morgan fingerprint density at radius 3 is 2.32 bits per heavy atom. The molecule has 0 radical (unpaired) electrons. The minimum Gasteiger partial charge on any atom is -0.283 e. The van der Waals surface area contributed by atoms with Gasteiger partial charge in [-0.2, -0.15) is 0 Å². The van der Waals surface area contributed by atoms with E-state index in [1.807, 2.05) is 6.92 Å². The SMILES string of the molecule is Cc1ccc(S(=O)(=O)N2CCCc3c(NS(C)(=O)=O)cccc32)cc1. The molecule has 1 aliphatic rings. The molecule has 0 saturated heterocycles. The van der Waals surface area contributed by atoms with E-state index in [1.165, 1.54) is 4.31 Å². The van der Waals surface area contributed by atoms with Crippen molar-refractivity contribution in [3.8, 4) is 0 Å². The van der Waals surface area contributed by atoms with E-state index in [0.717, 1.165) is 11.8 Å². The maximum atomic E-state index is 13.0. The number of hydrogen-bond acceptors (Lipinski definition) is 4. The smallest absolute Gasteiger partial charge is 0.264 e. The minimum absolute atomic E-state index is 0.229. The number of rotatable bonds is 4. The molecule has 0 saturated carbocycles. The number of aryl methyl sites for hydroxylation is 1. The predicted octanol–water partition coefficient (Wildman–Crippen LogP) is 2.51. The van der Waals surface area contributed by atoms with E-state index in [9.17, 15) is 16.8 Å². The molecular weight excluding hydrogens is 360 g/mol. The summed E-state index contributed by atoms with van der Waals surface area (Å²) in [7, 11) is -7.14. The molecule has 0 amide bonds. The molecule has 1 N–H and O–H groups in total. The van der Waals surface area contributed by atoms with Crippen LogP contribution in [0.2, 0.25) is 0 Å². The zero-order chi connectivity index (χ0) is 18.2. The summed E-state index contributed by atoms with van der Waals surface area (Å²) < 4.78 is 53.1. The lowest BCUT2D eigenvalue weighted by Gasteiger charge is -2.31. The molecule has 134 valence electrons. The summed E-state index contributed by atoms with van der Waals surface area (Å²) in [5.41, 5.74) is 2.65.